The molecule has 3 nitrogen and oxygen atoms in total. The van der Waals surface area contributed by atoms with Gasteiger partial charge in [0.2, 0.25) is 5.91 Å². The molecule has 1 fully saturated rings. The predicted octanol–water partition coefficient (Wildman–Crippen LogP) is 7.05. The van der Waals surface area contributed by atoms with Crippen LogP contribution in [0.2, 0.25) is 0 Å². The van der Waals surface area contributed by atoms with Crippen LogP contribution in [0.25, 0.3) is 16.3 Å². The topological polar surface area (TPSA) is 29.5 Å². The summed E-state index contributed by atoms with van der Waals surface area (Å²) in [5.41, 5.74) is 5.42. The first-order chi connectivity index (χ1) is 16.1. The van der Waals surface area contributed by atoms with Gasteiger partial charge in [-0.15, -0.1) is 0 Å². The number of β-lactam (4-membered cyclic amide) rings is 1. The van der Waals surface area contributed by atoms with Crippen molar-refractivity contribution >= 4 is 27.9 Å². The van der Waals surface area contributed by atoms with E-state index in [2.05, 4.69) is 68.4 Å². The van der Waals surface area contributed by atoms with Gasteiger partial charge in [-0.1, -0.05) is 72.3 Å². The summed E-state index contributed by atoms with van der Waals surface area (Å²) in [7, 11) is 1.65. The third-order valence-corrected chi connectivity index (χ3v) is 6.50. The van der Waals surface area contributed by atoms with Crippen LogP contribution in [0.1, 0.15) is 31.0 Å². The molecule has 1 amide bonds. The van der Waals surface area contributed by atoms with Crippen LogP contribution in [0.3, 0.4) is 0 Å². The molecule has 3 heteroatoms. The minimum absolute atomic E-state index is 0.0828. The quantitative estimate of drug-likeness (QED) is 0.316. The summed E-state index contributed by atoms with van der Waals surface area (Å²) in [4.78, 5) is 15.7. The summed E-state index contributed by atoms with van der Waals surface area (Å²) >= 11 is 0. The first-order valence-corrected chi connectivity index (χ1v) is 11.3. The zero-order valence-electron chi connectivity index (χ0n) is 19.2. The van der Waals surface area contributed by atoms with E-state index in [-0.39, 0.29) is 17.9 Å². The highest BCUT2D eigenvalue weighted by atomic mass is 16.5. The van der Waals surface area contributed by atoms with Crippen molar-refractivity contribution < 1.29 is 9.53 Å². The number of fused-ring (bicyclic) bond motifs is 1. The molecule has 0 N–H and O–H groups in total. The molecule has 4 aromatic carbocycles. The van der Waals surface area contributed by atoms with Gasteiger partial charge in [-0.25, -0.2) is 0 Å². The second kappa shape index (κ2) is 8.59. The zero-order chi connectivity index (χ0) is 22.9. The fourth-order valence-electron chi connectivity index (χ4n) is 4.93. The van der Waals surface area contributed by atoms with E-state index in [0.717, 1.165) is 28.1 Å². The lowest BCUT2D eigenvalue weighted by Gasteiger charge is -2.49. The summed E-state index contributed by atoms with van der Waals surface area (Å²) in [6, 6.07) is 32.9. The number of amides is 1. The highest BCUT2D eigenvalue weighted by Gasteiger charge is 2.51. The Hall–Kier alpha value is -3.85. The Kier molecular flexibility index (Phi) is 5.47. The van der Waals surface area contributed by atoms with Gasteiger partial charge in [-0.05, 0) is 71.7 Å². The van der Waals surface area contributed by atoms with Crippen LogP contribution in [-0.2, 0) is 4.79 Å². The van der Waals surface area contributed by atoms with E-state index >= 15 is 0 Å². The maximum Gasteiger partial charge on any atom is 0.237 e. The van der Waals surface area contributed by atoms with Crippen molar-refractivity contribution in [3.63, 3.8) is 0 Å². The number of rotatable bonds is 5. The molecule has 0 spiro atoms. The van der Waals surface area contributed by atoms with Gasteiger partial charge in [0.05, 0.1) is 19.1 Å². The monoisotopic (exact) mass is 433 g/mol. The molecule has 1 aliphatic heterocycles. The lowest BCUT2D eigenvalue weighted by molar-refractivity contribution is -0.127. The molecule has 0 bridgehead atoms. The summed E-state index contributed by atoms with van der Waals surface area (Å²) in [6.07, 6.45) is 0. The molecule has 1 aliphatic rings. The standard InChI is InChI=1S/C30H27NO2/c1-20(2)27(22-10-5-4-6-11-22)28-29(24-14-13-21-9-7-8-12-23(21)19-24)31(30(28)32)25-15-17-26(33-3)18-16-25/h4-19,28-29H,1-3H3/t28-,29-/m0/s1. The molecule has 1 heterocycles. The van der Waals surface area contributed by atoms with Crippen LogP contribution in [0.4, 0.5) is 5.69 Å². The molecule has 164 valence electrons. The first kappa shape index (κ1) is 21.0. The second-order valence-corrected chi connectivity index (χ2v) is 8.72. The smallest absolute Gasteiger partial charge is 0.237 e. The third-order valence-electron chi connectivity index (χ3n) is 6.50. The molecular weight excluding hydrogens is 406 g/mol. The van der Waals surface area contributed by atoms with E-state index in [1.807, 2.05) is 47.4 Å². The Labute approximate surface area is 194 Å². The molecular formula is C30H27NO2. The molecule has 2 atom stereocenters. The van der Waals surface area contributed by atoms with E-state index in [9.17, 15) is 4.79 Å². The molecule has 0 aromatic heterocycles. The number of methoxy groups -OCH3 is 1. The van der Waals surface area contributed by atoms with E-state index in [1.54, 1.807) is 7.11 Å². The molecule has 0 radical (unpaired) electrons. The lowest BCUT2D eigenvalue weighted by Crippen LogP contribution is -2.55. The van der Waals surface area contributed by atoms with E-state index in [0.29, 0.717) is 0 Å². The van der Waals surface area contributed by atoms with Gasteiger partial charge >= 0.3 is 0 Å². The Morgan fingerprint density at radius 2 is 1.45 bits per heavy atom. The molecule has 5 rings (SSSR count). The number of benzene rings is 4. The normalized spacial score (nSPS) is 17.5. The maximum atomic E-state index is 13.7. The number of nitrogens with zero attached hydrogens (tertiary/aromatic N) is 1. The summed E-state index contributed by atoms with van der Waals surface area (Å²) < 4.78 is 5.32. The van der Waals surface area contributed by atoms with Gasteiger partial charge in [-0.2, -0.15) is 0 Å². The summed E-state index contributed by atoms with van der Waals surface area (Å²) in [5, 5.41) is 2.38. The number of allylic oxidation sites excluding steroid dienone is 1. The molecule has 4 aromatic rings. The van der Waals surface area contributed by atoms with Crippen molar-refractivity contribution in [2.75, 3.05) is 12.0 Å². The largest absolute Gasteiger partial charge is 0.497 e. The van der Waals surface area contributed by atoms with E-state index < -0.39 is 0 Å². The number of carbonyl (C=O) groups excluding carboxylic acids is 1. The van der Waals surface area contributed by atoms with Gasteiger partial charge in [0, 0.05) is 5.69 Å². The third kappa shape index (κ3) is 3.70. The van der Waals surface area contributed by atoms with Crippen molar-refractivity contribution in [3.8, 4) is 5.75 Å². The van der Waals surface area contributed by atoms with Crippen molar-refractivity contribution in [3.05, 3.63) is 114 Å². The lowest BCUT2D eigenvalue weighted by atomic mass is 9.73. The first-order valence-electron chi connectivity index (χ1n) is 11.3. The number of hydrogen-bond acceptors (Lipinski definition) is 2. The van der Waals surface area contributed by atoms with Crippen LogP contribution >= 0.6 is 0 Å². The van der Waals surface area contributed by atoms with Gasteiger partial charge in [0.25, 0.3) is 0 Å². The highest BCUT2D eigenvalue weighted by molar-refractivity contribution is 6.10. The second-order valence-electron chi connectivity index (χ2n) is 8.72. The molecule has 0 unspecified atom stereocenters. The van der Waals surface area contributed by atoms with Crippen LogP contribution in [0, 0.1) is 5.92 Å². The minimum Gasteiger partial charge on any atom is -0.497 e. The minimum atomic E-state index is -0.235. The number of anilines is 1. The summed E-state index contributed by atoms with van der Waals surface area (Å²) in [6.45, 7) is 4.20. The molecule has 0 aliphatic carbocycles. The van der Waals surface area contributed by atoms with Crippen molar-refractivity contribution in [2.45, 2.75) is 19.9 Å². The number of carbonyl (C=O) groups is 1. The average Bonchev–Trinajstić information content (AvgIpc) is 2.85. The van der Waals surface area contributed by atoms with Crippen LogP contribution in [0.15, 0.2) is 103 Å². The van der Waals surface area contributed by atoms with E-state index in [4.69, 9.17) is 4.74 Å². The fraction of sp³-hybridized carbons (Fsp3) is 0.167. The van der Waals surface area contributed by atoms with Gasteiger partial charge < -0.3 is 9.64 Å². The van der Waals surface area contributed by atoms with Crippen molar-refractivity contribution in [2.24, 2.45) is 5.92 Å². The van der Waals surface area contributed by atoms with Crippen LogP contribution in [-0.4, -0.2) is 13.0 Å². The van der Waals surface area contributed by atoms with Gasteiger partial charge in [0.15, 0.2) is 0 Å². The van der Waals surface area contributed by atoms with Gasteiger partial charge in [0.1, 0.15) is 5.75 Å². The molecule has 1 saturated heterocycles. The number of hydrogen-bond donors (Lipinski definition) is 0. The van der Waals surface area contributed by atoms with Crippen molar-refractivity contribution in [1.82, 2.24) is 0 Å². The van der Waals surface area contributed by atoms with Crippen LogP contribution < -0.4 is 9.64 Å². The van der Waals surface area contributed by atoms with Crippen molar-refractivity contribution in [1.29, 1.82) is 0 Å². The molecule has 0 saturated carbocycles. The number of ether oxygens (including phenoxy) is 1. The van der Waals surface area contributed by atoms with Gasteiger partial charge in [-0.3, -0.25) is 4.79 Å². The Morgan fingerprint density at radius 3 is 2.12 bits per heavy atom. The molecule has 33 heavy (non-hydrogen) atoms. The average molecular weight is 434 g/mol. The summed E-state index contributed by atoms with van der Waals surface area (Å²) in [5.74, 6) is 0.666. The zero-order valence-corrected chi connectivity index (χ0v) is 19.2. The predicted molar refractivity (Wildman–Crippen MR) is 135 cm³/mol. The maximum absolute atomic E-state index is 13.7. The highest BCUT2D eigenvalue weighted by Crippen LogP contribution is 2.50. The van der Waals surface area contributed by atoms with E-state index in [1.165, 1.54) is 16.3 Å². The SMILES string of the molecule is COc1ccc(N2C(=O)[C@@H](C(=C(C)C)c3ccccc3)[C@@H]2c2ccc3ccccc3c2)cc1. The van der Waals surface area contributed by atoms with Crippen LogP contribution in [0.5, 0.6) is 5.75 Å². The Bertz CT molecular complexity index is 1330. The Balaban J connectivity index is 1.64. The fourth-order valence-corrected chi connectivity index (χ4v) is 4.93. The Morgan fingerprint density at radius 1 is 0.788 bits per heavy atom.